The van der Waals surface area contributed by atoms with Crippen LogP contribution in [0.15, 0.2) is 103 Å². The third kappa shape index (κ3) is 3.18. The third-order valence-corrected chi connectivity index (χ3v) is 8.07. The fourth-order valence-electron chi connectivity index (χ4n) is 6.38. The summed E-state index contributed by atoms with van der Waals surface area (Å²) in [5.41, 5.74) is 8.91. The lowest BCUT2D eigenvalue weighted by Gasteiger charge is -2.22. The summed E-state index contributed by atoms with van der Waals surface area (Å²) in [6, 6.07) is 35.4. The van der Waals surface area contributed by atoms with Gasteiger partial charge in [-0.05, 0) is 48.2 Å². The molecular weight excluding hydrogens is 462 g/mol. The van der Waals surface area contributed by atoms with Gasteiger partial charge in [-0.25, -0.2) is 4.57 Å². The van der Waals surface area contributed by atoms with E-state index in [9.17, 15) is 0 Å². The molecule has 3 heterocycles. The fraction of sp³-hybridized carbons (Fsp3) is 0.171. The summed E-state index contributed by atoms with van der Waals surface area (Å²) in [6.45, 7) is 9.19. The minimum Gasteiger partial charge on any atom is -0.309 e. The summed E-state index contributed by atoms with van der Waals surface area (Å²) in [5.74, 6) is 1.14. The third-order valence-electron chi connectivity index (χ3n) is 8.07. The first kappa shape index (κ1) is 22.8. The standard InChI is InChI=1S/C35H32N3/c1-23-29(35(2,3)4)19-18-28-27-14-8-11-17-32(27)38(34(23)28)33-22-24(20-21-36(33)5)37-30-15-9-6-12-25(30)26-13-7-10-16-31(26)37/h6-22H,1-5H3/q+1. The molecule has 0 aliphatic rings. The Morgan fingerprint density at radius 2 is 1.13 bits per heavy atom. The molecule has 38 heavy (non-hydrogen) atoms. The molecule has 0 radical (unpaired) electrons. The molecule has 0 aliphatic heterocycles. The van der Waals surface area contributed by atoms with Gasteiger partial charge in [0.15, 0.2) is 0 Å². The molecule has 0 fully saturated rings. The molecule has 4 aromatic carbocycles. The van der Waals surface area contributed by atoms with E-state index in [0.29, 0.717) is 0 Å². The van der Waals surface area contributed by atoms with Crippen molar-refractivity contribution in [2.75, 3.05) is 0 Å². The second-order valence-corrected chi connectivity index (χ2v) is 11.5. The zero-order chi connectivity index (χ0) is 26.2. The lowest BCUT2D eigenvalue weighted by molar-refractivity contribution is -0.665. The lowest BCUT2D eigenvalue weighted by atomic mass is 9.83. The summed E-state index contributed by atoms with van der Waals surface area (Å²) in [6.07, 6.45) is 2.19. The van der Waals surface area contributed by atoms with Crippen LogP contribution in [-0.4, -0.2) is 9.13 Å². The summed E-state index contributed by atoms with van der Waals surface area (Å²) in [4.78, 5) is 0. The van der Waals surface area contributed by atoms with Crippen LogP contribution in [0.25, 0.3) is 55.1 Å². The summed E-state index contributed by atoms with van der Waals surface area (Å²) in [7, 11) is 2.15. The number of aromatic nitrogens is 3. The molecule has 7 aromatic rings. The van der Waals surface area contributed by atoms with E-state index in [4.69, 9.17) is 0 Å². The highest BCUT2D eigenvalue weighted by molar-refractivity contribution is 6.11. The van der Waals surface area contributed by atoms with Crippen molar-refractivity contribution in [2.24, 2.45) is 7.05 Å². The van der Waals surface area contributed by atoms with E-state index >= 15 is 0 Å². The van der Waals surface area contributed by atoms with Gasteiger partial charge in [-0.2, -0.15) is 4.57 Å². The van der Waals surface area contributed by atoms with E-state index < -0.39 is 0 Å². The Kier molecular flexibility index (Phi) is 4.84. The van der Waals surface area contributed by atoms with Crippen molar-refractivity contribution in [3.8, 4) is 11.5 Å². The topological polar surface area (TPSA) is 13.7 Å². The minimum atomic E-state index is 0.0621. The Morgan fingerprint density at radius 3 is 1.71 bits per heavy atom. The first-order valence-electron chi connectivity index (χ1n) is 13.4. The number of rotatable bonds is 2. The van der Waals surface area contributed by atoms with Crippen LogP contribution in [0.3, 0.4) is 0 Å². The Hall–Kier alpha value is -4.37. The molecule has 0 spiro atoms. The Balaban J connectivity index is 1.59. The normalized spacial score (nSPS) is 12.3. The highest BCUT2D eigenvalue weighted by Crippen LogP contribution is 2.38. The van der Waals surface area contributed by atoms with Crippen LogP contribution in [0.5, 0.6) is 0 Å². The maximum atomic E-state index is 2.46. The van der Waals surface area contributed by atoms with Crippen LogP contribution in [0.1, 0.15) is 31.9 Å². The number of hydrogen-bond donors (Lipinski definition) is 0. The quantitative estimate of drug-likeness (QED) is 0.215. The van der Waals surface area contributed by atoms with Crippen LogP contribution in [0.4, 0.5) is 0 Å². The van der Waals surface area contributed by atoms with Gasteiger partial charge >= 0.3 is 0 Å². The number of fused-ring (bicyclic) bond motifs is 6. The predicted molar refractivity (Wildman–Crippen MR) is 160 cm³/mol. The molecule has 3 heteroatoms. The molecule has 186 valence electrons. The average molecular weight is 495 g/mol. The van der Waals surface area contributed by atoms with E-state index in [1.165, 1.54) is 54.7 Å². The van der Waals surface area contributed by atoms with Crippen molar-refractivity contribution >= 4 is 43.6 Å². The van der Waals surface area contributed by atoms with Gasteiger partial charge in [0.1, 0.15) is 11.0 Å². The molecule has 0 atom stereocenters. The smallest absolute Gasteiger partial charge is 0.288 e. The van der Waals surface area contributed by atoms with Gasteiger partial charge in [0.2, 0.25) is 0 Å². The van der Waals surface area contributed by atoms with E-state index in [2.05, 4.69) is 152 Å². The number of nitrogens with zero attached hydrogens (tertiary/aromatic N) is 3. The average Bonchev–Trinajstić information content (AvgIpc) is 3.43. The van der Waals surface area contributed by atoms with Gasteiger partial charge in [-0.15, -0.1) is 0 Å². The molecule has 0 unspecified atom stereocenters. The molecule has 3 aromatic heterocycles. The van der Waals surface area contributed by atoms with Crippen LogP contribution in [0.2, 0.25) is 0 Å². The maximum absolute atomic E-state index is 2.46. The molecule has 0 aliphatic carbocycles. The van der Waals surface area contributed by atoms with Crippen molar-refractivity contribution in [2.45, 2.75) is 33.1 Å². The van der Waals surface area contributed by atoms with Crippen molar-refractivity contribution in [3.05, 3.63) is 114 Å². The predicted octanol–water partition coefficient (Wildman–Crippen LogP) is 8.31. The fourth-order valence-corrected chi connectivity index (χ4v) is 6.38. The molecule has 0 amide bonds. The van der Waals surface area contributed by atoms with Gasteiger partial charge < -0.3 is 4.57 Å². The second kappa shape index (κ2) is 8.06. The first-order valence-corrected chi connectivity index (χ1v) is 13.4. The summed E-state index contributed by atoms with van der Waals surface area (Å²) in [5, 5.41) is 5.14. The van der Waals surface area contributed by atoms with Gasteiger partial charge in [-0.1, -0.05) is 75.4 Å². The minimum absolute atomic E-state index is 0.0621. The van der Waals surface area contributed by atoms with E-state index in [0.717, 1.165) is 11.5 Å². The highest BCUT2D eigenvalue weighted by Gasteiger charge is 2.27. The summed E-state index contributed by atoms with van der Waals surface area (Å²) < 4.78 is 7.11. The second-order valence-electron chi connectivity index (χ2n) is 11.5. The van der Waals surface area contributed by atoms with E-state index in [-0.39, 0.29) is 5.41 Å². The first-order chi connectivity index (χ1) is 18.3. The van der Waals surface area contributed by atoms with Crippen LogP contribution in [0, 0.1) is 6.92 Å². The molecule has 0 bridgehead atoms. The largest absolute Gasteiger partial charge is 0.309 e. The number of benzene rings is 4. The molecule has 0 saturated carbocycles. The van der Waals surface area contributed by atoms with Gasteiger partial charge in [-0.3, -0.25) is 0 Å². The zero-order valence-electron chi connectivity index (χ0n) is 22.7. The number of hydrogen-bond acceptors (Lipinski definition) is 0. The summed E-state index contributed by atoms with van der Waals surface area (Å²) >= 11 is 0. The van der Waals surface area contributed by atoms with Gasteiger partial charge in [0.05, 0.1) is 36.0 Å². The Bertz CT molecular complexity index is 1980. The van der Waals surface area contributed by atoms with Crippen LogP contribution >= 0.6 is 0 Å². The van der Waals surface area contributed by atoms with Crippen molar-refractivity contribution < 1.29 is 4.57 Å². The Morgan fingerprint density at radius 1 is 0.605 bits per heavy atom. The maximum Gasteiger partial charge on any atom is 0.288 e. The SMILES string of the molecule is Cc1c(C(C)(C)C)ccc2c3ccccc3n(-c3cc(-n4c5ccccc5c5ccccc54)cc[n+]3C)c12. The molecule has 0 N–H and O–H groups in total. The molecule has 0 saturated heterocycles. The van der Waals surface area contributed by atoms with Crippen molar-refractivity contribution in [1.82, 2.24) is 9.13 Å². The lowest BCUT2D eigenvalue weighted by Crippen LogP contribution is -2.33. The molecule has 3 nitrogen and oxygen atoms in total. The highest BCUT2D eigenvalue weighted by atomic mass is 15.1. The number of para-hydroxylation sites is 3. The Labute approximate surface area is 223 Å². The van der Waals surface area contributed by atoms with E-state index in [1.54, 1.807) is 0 Å². The van der Waals surface area contributed by atoms with Crippen LogP contribution < -0.4 is 4.57 Å². The number of pyridine rings is 1. The van der Waals surface area contributed by atoms with Crippen LogP contribution in [-0.2, 0) is 12.5 Å². The van der Waals surface area contributed by atoms with Crippen molar-refractivity contribution in [1.29, 1.82) is 0 Å². The van der Waals surface area contributed by atoms with Gasteiger partial charge in [0.25, 0.3) is 5.82 Å². The zero-order valence-corrected chi connectivity index (χ0v) is 22.7. The molecular formula is C35H32N3+. The van der Waals surface area contributed by atoms with Gasteiger partial charge in [0, 0.05) is 33.2 Å². The number of aryl methyl sites for hydroxylation is 2. The van der Waals surface area contributed by atoms with Crippen molar-refractivity contribution in [3.63, 3.8) is 0 Å². The monoisotopic (exact) mass is 494 g/mol. The molecule has 7 rings (SSSR count). The van der Waals surface area contributed by atoms with E-state index in [1.807, 2.05) is 0 Å².